The van der Waals surface area contributed by atoms with E-state index in [9.17, 15) is 4.79 Å². The van der Waals surface area contributed by atoms with Crippen LogP contribution in [-0.2, 0) is 13.0 Å². The van der Waals surface area contributed by atoms with Crippen molar-refractivity contribution >= 4 is 34.7 Å². The highest BCUT2D eigenvalue weighted by atomic mass is 35.5. The van der Waals surface area contributed by atoms with Crippen LogP contribution in [-0.4, -0.2) is 15.9 Å². The lowest BCUT2D eigenvalue weighted by Crippen LogP contribution is -2.22. The molecule has 2 heterocycles. The second-order valence-corrected chi connectivity index (χ2v) is 5.45. The zero-order valence-electron chi connectivity index (χ0n) is 10.3. The molecule has 0 aliphatic rings. The van der Waals surface area contributed by atoms with Gasteiger partial charge in [-0.3, -0.25) is 4.79 Å². The number of rotatable bonds is 4. The normalized spacial score (nSPS) is 10.4. The number of aromatic nitrogens is 2. The number of amides is 1. The van der Waals surface area contributed by atoms with Gasteiger partial charge in [-0.25, -0.2) is 9.97 Å². The molecule has 0 saturated heterocycles. The Kier molecular flexibility index (Phi) is 4.34. The number of hydrogen-bond donors (Lipinski definition) is 2. The summed E-state index contributed by atoms with van der Waals surface area (Å²) in [6, 6.07) is 1.50. The van der Waals surface area contributed by atoms with Gasteiger partial charge in [0.1, 0.15) is 10.8 Å². The van der Waals surface area contributed by atoms with Crippen LogP contribution in [0.2, 0.25) is 5.02 Å². The minimum atomic E-state index is -0.248. The summed E-state index contributed by atoms with van der Waals surface area (Å²) < 4.78 is 0. The molecule has 19 heavy (non-hydrogen) atoms. The van der Waals surface area contributed by atoms with Crippen LogP contribution in [0.15, 0.2) is 18.5 Å². The number of nitrogens with one attached hydrogen (secondary N) is 1. The number of carbonyl (C=O) groups excluding carboxylic acids is 1. The first-order chi connectivity index (χ1) is 9.10. The zero-order chi connectivity index (χ0) is 13.8. The molecular weight excluding hydrogens is 284 g/mol. The predicted octanol–water partition coefficient (Wildman–Crippen LogP) is 2.27. The van der Waals surface area contributed by atoms with Gasteiger partial charge >= 0.3 is 0 Å². The molecule has 2 aromatic rings. The maximum absolute atomic E-state index is 11.9. The lowest BCUT2D eigenvalue weighted by Gasteiger charge is -2.04. The average Bonchev–Trinajstić information content (AvgIpc) is 2.87. The van der Waals surface area contributed by atoms with Crippen LogP contribution in [0.4, 0.5) is 5.82 Å². The van der Waals surface area contributed by atoms with E-state index in [1.54, 1.807) is 11.3 Å². The van der Waals surface area contributed by atoms with Gasteiger partial charge < -0.3 is 11.1 Å². The molecule has 1 amide bonds. The summed E-state index contributed by atoms with van der Waals surface area (Å²) in [5, 5.41) is 3.92. The number of aryl methyl sites for hydroxylation is 1. The summed E-state index contributed by atoms with van der Waals surface area (Å²) in [5.41, 5.74) is 5.87. The van der Waals surface area contributed by atoms with Gasteiger partial charge in [0.15, 0.2) is 0 Å². The van der Waals surface area contributed by atoms with Gasteiger partial charge in [0.25, 0.3) is 5.91 Å². The monoisotopic (exact) mass is 296 g/mol. The number of anilines is 1. The summed E-state index contributed by atoms with van der Waals surface area (Å²) in [7, 11) is 0. The lowest BCUT2D eigenvalue weighted by atomic mass is 10.2. The van der Waals surface area contributed by atoms with E-state index in [0.717, 1.165) is 11.4 Å². The molecule has 0 aliphatic carbocycles. The molecule has 0 unspecified atom stereocenters. The highest BCUT2D eigenvalue weighted by molar-refractivity contribution is 7.11. The summed E-state index contributed by atoms with van der Waals surface area (Å²) in [4.78, 5) is 21.2. The molecule has 5 nitrogen and oxygen atoms in total. The fraction of sp³-hybridized carbons (Fsp3) is 0.250. The topological polar surface area (TPSA) is 80.9 Å². The minimum Gasteiger partial charge on any atom is -0.382 e. The number of thiazole rings is 1. The van der Waals surface area contributed by atoms with Crippen LogP contribution in [0.3, 0.4) is 0 Å². The van der Waals surface area contributed by atoms with Crippen molar-refractivity contribution in [3.05, 3.63) is 38.9 Å². The van der Waals surface area contributed by atoms with Crippen molar-refractivity contribution < 1.29 is 4.79 Å². The molecule has 0 aliphatic heterocycles. The van der Waals surface area contributed by atoms with Crippen molar-refractivity contribution in [3.63, 3.8) is 0 Å². The van der Waals surface area contributed by atoms with Crippen molar-refractivity contribution in [1.82, 2.24) is 15.3 Å². The smallest absolute Gasteiger partial charge is 0.253 e. The summed E-state index contributed by atoms with van der Waals surface area (Å²) in [5.74, 6) is -0.0339. The van der Waals surface area contributed by atoms with Gasteiger partial charge in [0, 0.05) is 17.3 Å². The van der Waals surface area contributed by atoms with Gasteiger partial charge in [-0.15, -0.1) is 11.3 Å². The molecule has 0 aromatic carbocycles. The third-order valence-corrected chi connectivity index (χ3v) is 3.93. The summed E-state index contributed by atoms with van der Waals surface area (Å²) >= 11 is 7.41. The quantitative estimate of drug-likeness (QED) is 0.907. The molecule has 0 fully saturated rings. The van der Waals surface area contributed by atoms with Crippen molar-refractivity contribution in [3.8, 4) is 0 Å². The maximum Gasteiger partial charge on any atom is 0.253 e. The molecule has 0 bridgehead atoms. The Morgan fingerprint density at radius 3 is 2.89 bits per heavy atom. The zero-order valence-corrected chi connectivity index (χ0v) is 11.9. The molecule has 3 N–H and O–H groups in total. The van der Waals surface area contributed by atoms with Crippen LogP contribution in [0.5, 0.6) is 0 Å². The van der Waals surface area contributed by atoms with Gasteiger partial charge in [-0.05, 0) is 12.5 Å². The predicted molar refractivity (Wildman–Crippen MR) is 76.3 cm³/mol. The van der Waals surface area contributed by atoms with Crippen molar-refractivity contribution in [1.29, 1.82) is 0 Å². The van der Waals surface area contributed by atoms with Crippen LogP contribution in [0, 0.1) is 0 Å². The Labute approximate surface area is 119 Å². The molecule has 0 spiro atoms. The van der Waals surface area contributed by atoms with E-state index < -0.39 is 0 Å². The number of pyridine rings is 1. The largest absolute Gasteiger partial charge is 0.382 e. The van der Waals surface area contributed by atoms with E-state index in [4.69, 9.17) is 17.3 Å². The molecule has 7 heteroatoms. The van der Waals surface area contributed by atoms with E-state index in [0.29, 0.717) is 12.1 Å². The Balaban J connectivity index is 1.99. The Bertz CT molecular complexity index is 599. The lowest BCUT2D eigenvalue weighted by molar-refractivity contribution is 0.0950. The van der Waals surface area contributed by atoms with Crippen LogP contribution in [0.25, 0.3) is 0 Å². The first-order valence-corrected chi connectivity index (χ1v) is 6.92. The fourth-order valence-electron chi connectivity index (χ4n) is 1.42. The molecule has 0 radical (unpaired) electrons. The van der Waals surface area contributed by atoms with E-state index in [-0.39, 0.29) is 16.7 Å². The van der Waals surface area contributed by atoms with Crippen molar-refractivity contribution in [2.24, 2.45) is 0 Å². The minimum absolute atomic E-state index is 0.214. The van der Waals surface area contributed by atoms with Gasteiger partial charge in [0.2, 0.25) is 0 Å². The Morgan fingerprint density at radius 1 is 1.47 bits per heavy atom. The number of nitrogens with zero attached hydrogens (tertiary/aromatic N) is 2. The Hall–Kier alpha value is -1.66. The first kappa shape index (κ1) is 13.8. The van der Waals surface area contributed by atoms with E-state index >= 15 is 0 Å². The molecular formula is C12H13ClN4OS. The first-order valence-electron chi connectivity index (χ1n) is 5.73. The van der Waals surface area contributed by atoms with E-state index in [1.165, 1.54) is 17.1 Å². The third-order valence-electron chi connectivity index (χ3n) is 2.48. The number of carbonyl (C=O) groups is 1. The van der Waals surface area contributed by atoms with Crippen LogP contribution >= 0.6 is 22.9 Å². The fourth-order valence-corrected chi connectivity index (χ4v) is 2.39. The van der Waals surface area contributed by atoms with Crippen LogP contribution in [0.1, 0.15) is 27.2 Å². The second kappa shape index (κ2) is 5.99. The third kappa shape index (κ3) is 3.42. The molecule has 100 valence electrons. The van der Waals surface area contributed by atoms with Gasteiger partial charge in [-0.2, -0.15) is 0 Å². The number of nitrogen functional groups attached to an aromatic ring is 1. The average molecular weight is 297 g/mol. The highest BCUT2D eigenvalue weighted by Gasteiger charge is 2.09. The number of nitrogens with two attached hydrogens (primary N) is 1. The number of hydrogen-bond acceptors (Lipinski definition) is 5. The standard InChI is InChI=1S/C12H13ClN4OS/c1-2-8-5-15-10(19-8)6-17-12(18)7-3-9(13)11(14)16-4-7/h3-5H,2,6H2,1H3,(H2,14,16)(H,17,18). The molecule has 0 saturated carbocycles. The van der Waals surface area contributed by atoms with Crippen molar-refractivity contribution in [2.45, 2.75) is 19.9 Å². The Morgan fingerprint density at radius 2 is 2.26 bits per heavy atom. The van der Waals surface area contributed by atoms with Crippen LogP contribution < -0.4 is 11.1 Å². The van der Waals surface area contributed by atoms with E-state index in [1.807, 2.05) is 6.20 Å². The molecule has 2 aromatic heterocycles. The molecule has 2 rings (SSSR count). The second-order valence-electron chi connectivity index (χ2n) is 3.85. The summed E-state index contributed by atoms with van der Waals surface area (Å²) in [6.07, 6.45) is 4.17. The number of halogens is 1. The van der Waals surface area contributed by atoms with Gasteiger partial charge in [0.05, 0.1) is 17.1 Å². The van der Waals surface area contributed by atoms with Gasteiger partial charge in [-0.1, -0.05) is 18.5 Å². The SMILES string of the molecule is CCc1cnc(CNC(=O)c2cnc(N)c(Cl)c2)s1. The highest BCUT2D eigenvalue weighted by Crippen LogP contribution is 2.17. The van der Waals surface area contributed by atoms with E-state index in [2.05, 4.69) is 22.2 Å². The van der Waals surface area contributed by atoms with Crippen molar-refractivity contribution in [2.75, 3.05) is 5.73 Å². The molecule has 0 atom stereocenters. The maximum atomic E-state index is 11.9. The summed E-state index contributed by atoms with van der Waals surface area (Å²) in [6.45, 7) is 2.46.